The molecule has 0 amide bonds. The number of aromatic nitrogens is 4. The monoisotopic (exact) mass is 391 g/mol. The molecule has 2 fully saturated rings. The highest BCUT2D eigenvalue weighted by Gasteiger charge is 2.24. The summed E-state index contributed by atoms with van der Waals surface area (Å²) in [5.41, 5.74) is 1.51. The van der Waals surface area contributed by atoms with Crippen LogP contribution in [0.2, 0.25) is 0 Å². The molecule has 1 saturated carbocycles. The first-order chi connectivity index (χ1) is 13.1. The van der Waals surface area contributed by atoms with E-state index in [1.807, 2.05) is 0 Å². The van der Waals surface area contributed by atoms with Crippen molar-refractivity contribution in [1.82, 2.24) is 30.2 Å². The van der Waals surface area contributed by atoms with Gasteiger partial charge in [-0.05, 0) is 43.3 Å². The van der Waals surface area contributed by atoms with E-state index in [4.69, 9.17) is 0 Å². The van der Waals surface area contributed by atoms with E-state index in [1.165, 1.54) is 26.3 Å². The summed E-state index contributed by atoms with van der Waals surface area (Å²) in [6.07, 6.45) is 5.92. The molecule has 4 rings (SSSR count). The Hall–Kier alpha value is -2.04. The van der Waals surface area contributed by atoms with E-state index < -0.39 is 10.0 Å². The Morgan fingerprint density at radius 3 is 2.63 bits per heavy atom. The molecule has 1 aromatic heterocycles. The van der Waals surface area contributed by atoms with Gasteiger partial charge in [0.25, 0.3) is 0 Å². The van der Waals surface area contributed by atoms with E-state index in [1.54, 1.807) is 23.0 Å². The van der Waals surface area contributed by atoms with Gasteiger partial charge in [-0.25, -0.2) is 13.1 Å². The fourth-order valence-electron chi connectivity index (χ4n) is 3.51. The van der Waals surface area contributed by atoms with Gasteiger partial charge in [0.2, 0.25) is 15.8 Å². The Balaban J connectivity index is 1.70. The Morgan fingerprint density at radius 2 is 1.96 bits per heavy atom. The number of tetrazole rings is 1. The molecule has 9 nitrogen and oxygen atoms in total. The van der Waals surface area contributed by atoms with Crippen LogP contribution in [0.3, 0.4) is 0 Å². The molecule has 2 aromatic rings. The first kappa shape index (κ1) is 18.3. The second-order valence-electron chi connectivity index (χ2n) is 7.14. The van der Waals surface area contributed by atoms with Crippen LogP contribution in [0.15, 0.2) is 23.1 Å². The van der Waals surface area contributed by atoms with E-state index in [-0.39, 0.29) is 10.9 Å². The first-order valence-electron chi connectivity index (χ1n) is 9.41. The lowest BCUT2D eigenvalue weighted by Crippen LogP contribution is -2.44. The number of nitrogens with zero attached hydrogens (tertiary/aromatic N) is 4. The molecule has 10 heteroatoms. The smallest absolute Gasteiger partial charge is 0.240 e. The lowest BCUT2D eigenvalue weighted by Gasteiger charge is -2.25. The molecular weight excluding hydrogens is 366 g/mol. The summed E-state index contributed by atoms with van der Waals surface area (Å²) in [4.78, 5) is 1.80. The van der Waals surface area contributed by atoms with Crippen molar-refractivity contribution in [3.63, 3.8) is 0 Å². The van der Waals surface area contributed by atoms with Gasteiger partial charge < -0.3 is 10.6 Å². The SMILES string of the molecule is CNS(=O)(=O)c1ccc(NC2CCCCC2)c(-c2nnn(C3CNC3)n2)c1. The number of rotatable bonds is 6. The Morgan fingerprint density at radius 1 is 1.19 bits per heavy atom. The fraction of sp³-hybridized carbons (Fsp3) is 0.588. The third-order valence-electron chi connectivity index (χ3n) is 5.29. The maximum absolute atomic E-state index is 12.3. The normalized spacial score (nSPS) is 19.0. The number of sulfonamides is 1. The van der Waals surface area contributed by atoms with Crippen LogP contribution in [0.25, 0.3) is 11.4 Å². The molecule has 0 unspecified atom stereocenters. The minimum absolute atomic E-state index is 0.191. The number of hydrogen-bond donors (Lipinski definition) is 3. The van der Waals surface area contributed by atoms with Gasteiger partial charge in [0.15, 0.2) is 0 Å². The largest absolute Gasteiger partial charge is 0.382 e. The molecule has 1 aliphatic heterocycles. The Kier molecular flexibility index (Phi) is 5.11. The van der Waals surface area contributed by atoms with E-state index in [9.17, 15) is 8.42 Å². The molecular formula is C17H25N7O2S. The quantitative estimate of drug-likeness (QED) is 0.676. The summed E-state index contributed by atoms with van der Waals surface area (Å²) < 4.78 is 26.9. The van der Waals surface area contributed by atoms with Crippen molar-refractivity contribution < 1.29 is 8.42 Å². The standard InChI is InChI=1S/C17H25N7O2S/c1-18-27(25,26)14-7-8-16(20-12-5-3-2-4-6-12)15(9-14)17-21-23-24(22-17)13-10-19-11-13/h7-9,12-13,18-20H,2-6,10-11H2,1H3. The highest BCUT2D eigenvalue weighted by molar-refractivity contribution is 7.89. The zero-order chi connectivity index (χ0) is 18.9. The van der Waals surface area contributed by atoms with Gasteiger partial charge in [-0.2, -0.15) is 4.80 Å². The van der Waals surface area contributed by atoms with Gasteiger partial charge in [0, 0.05) is 30.4 Å². The molecule has 2 heterocycles. The molecule has 1 saturated heterocycles. The average Bonchev–Trinajstić information content (AvgIpc) is 3.10. The van der Waals surface area contributed by atoms with Crippen LogP contribution in [-0.2, 0) is 10.0 Å². The lowest BCUT2D eigenvalue weighted by atomic mass is 9.95. The van der Waals surface area contributed by atoms with Gasteiger partial charge in [-0.3, -0.25) is 0 Å². The predicted molar refractivity (Wildman–Crippen MR) is 102 cm³/mol. The van der Waals surface area contributed by atoms with E-state index in [2.05, 4.69) is 30.8 Å². The van der Waals surface area contributed by atoms with Crippen LogP contribution in [0.1, 0.15) is 38.1 Å². The fourth-order valence-corrected chi connectivity index (χ4v) is 4.27. The second kappa shape index (κ2) is 7.53. The van der Waals surface area contributed by atoms with Crippen molar-refractivity contribution in [3.8, 4) is 11.4 Å². The van der Waals surface area contributed by atoms with Crippen molar-refractivity contribution in [1.29, 1.82) is 0 Å². The highest BCUT2D eigenvalue weighted by Crippen LogP contribution is 2.31. The van der Waals surface area contributed by atoms with Crippen molar-refractivity contribution >= 4 is 15.7 Å². The van der Waals surface area contributed by atoms with Crippen molar-refractivity contribution in [2.24, 2.45) is 0 Å². The topological polar surface area (TPSA) is 114 Å². The molecule has 0 spiro atoms. The van der Waals surface area contributed by atoms with Gasteiger partial charge in [-0.15, -0.1) is 10.2 Å². The zero-order valence-electron chi connectivity index (χ0n) is 15.4. The minimum Gasteiger partial charge on any atom is -0.382 e. The van der Waals surface area contributed by atoms with Crippen LogP contribution >= 0.6 is 0 Å². The molecule has 3 N–H and O–H groups in total. The maximum atomic E-state index is 12.3. The third-order valence-corrected chi connectivity index (χ3v) is 6.70. The van der Waals surface area contributed by atoms with Crippen molar-refractivity contribution in [3.05, 3.63) is 18.2 Å². The summed E-state index contributed by atoms with van der Waals surface area (Å²) in [7, 11) is -2.15. The van der Waals surface area contributed by atoms with E-state index in [0.717, 1.165) is 31.6 Å². The van der Waals surface area contributed by atoms with Gasteiger partial charge in [0.1, 0.15) is 0 Å². The predicted octanol–water partition coefficient (Wildman–Crippen LogP) is 1.14. The van der Waals surface area contributed by atoms with Gasteiger partial charge in [-0.1, -0.05) is 19.3 Å². The van der Waals surface area contributed by atoms with Crippen LogP contribution < -0.4 is 15.4 Å². The van der Waals surface area contributed by atoms with Gasteiger partial charge in [0.05, 0.1) is 10.9 Å². The number of nitrogens with one attached hydrogen (secondary N) is 3. The minimum atomic E-state index is -3.55. The summed E-state index contributed by atoms with van der Waals surface area (Å²) in [5, 5.41) is 19.6. The van der Waals surface area contributed by atoms with Crippen molar-refractivity contribution in [2.45, 2.75) is 49.1 Å². The molecule has 0 atom stereocenters. The highest BCUT2D eigenvalue weighted by atomic mass is 32.2. The molecule has 27 heavy (non-hydrogen) atoms. The first-order valence-corrected chi connectivity index (χ1v) is 10.9. The summed E-state index contributed by atoms with van der Waals surface area (Å²) in [6, 6.07) is 5.62. The average molecular weight is 392 g/mol. The molecule has 1 aliphatic carbocycles. The Bertz CT molecular complexity index is 902. The van der Waals surface area contributed by atoms with Crippen molar-refractivity contribution in [2.75, 3.05) is 25.5 Å². The summed E-state index contributed by atoms with van der Waals surface area (Å²) in [5.74, 6) is 0.438. The Labute approximate surface area is 159 Å². The van der Waals surface area contributed by atoms with Crippen LogP contribution in [0, 0.1) is 0 Å². The second-order valence-corrected chi connectivity index (χ2v) is 9.03. The molecule has 0 bridgehead atoms. The van der Waals surface area contributed by atoms with Crippen LogP contribution in [-0.4, -0.2) is 54.8 Å². The van der Waals surface area contributed by atoms with Gasteiger partial charge >= 0.3 is 0 Å². The lowest BCUT2D eigenvalue weighted by molar-refractivity contribution is 0.285. The van der Waals surface area contributed by atoms with Crippen LogP contribution in [0.4, 0.5) is 5.69 Å². The number of benzene rings is 1. The molecule has 1 aromatic carbocycles. The molecule has 146 valence electrons. The van der Waals surface area contributed by atoms with E-state index in [0.29, 0.717) is 17.4 Å². The zero-order valence-corrected chi connectivity index (χ0v) is 16.2. The van der Waals surface area contributed by atoms with E-state index >= 15 is 0 Å². The maximum Gasteiger partial charge on any atom is 0.240 e. The number of anilines is 1. The number of hydrogen-bond acceptors (Lipinski definition) is 7. The third kappa shape index (κ3) is 3.83. The summed E-state index contributed by atoms with van der Waals surface area (Å²) >= 11 is 0. The molecule has 2 aliphatic rings. The van der Waals surface area contributed by atoms with Crippen LogP contribution in [0.5, 0.6) is 0 Å². The summed E-state index contributed by atoms with van der Waals surface area (Å²) in [6.45, 7) is 1.63. The molecule has 0 radical (unpaired) electrons.